The Morgan fingerprint density at radius 2 is 1.94 bits per heavy atom. The average Bonchev–Trinajstić information content (AvgIpc) is 3.50. The number of carbonyl (C=O) groups is 1. The largest absolute Gasteiger partial charge is 0.322 e. The van der Waals surface area contributed by atoms with Gasteiger partial charge in [-0.1, -0.05) is 35.6 Å². The number of carbonyl (C=O) groups excluding carboxylic acids is 1. The number of hydrogen-bond acceptors (Lipinski definition) is 6. The summed E-state index contributed by atoms with van der Waals surface area (Å²) < 4.78 is 3.93. The van der Waals surface area contributed by atoms with E-state index in [1.807, 2.05) is 81.9 Å². The van der Waals surface area contributed by atoms with Crippen LogP contribution in [-0.4, -0.2) is 20.3 Å². The smallest absolute Gasteiger partial charge is 0.271 e. The summed E-state index contributed by atoms with van der Waals surface area (Å²) in [5.74, 6) is -0.258. The van der Waals surface area contributed by atoms with Gasteiger partial charge in [0.1, 0.15) is 6.04 Å². The SMILES string of the molecule is CC1=C(C(=O)Nc2ccccc2C)[C@@H](c2cccs2)n2c(s/c(=C/c3cn(C)nc3C)c2=O)=N1. The lowest BCUT2D eigenvalue weighted by Gasteiger charge is -2.24. The summed E-state index contributed by atoms with van der Waals surface area (Å²) in [4.78, 5) is 33.4. The topological polar surface area (TPSA) is 81.3 Å². The van der Waals surface area contributed by atoms with Crippen molar-refractivity contribution in [1.29, 1.82) is 0 Å². The lowest BCUT2D eigenvalue weighted by molar-refractivity contribution is -0.113. The number of thiazole rings is 1. The van der Waals surface area contributed by atoms with Crippen molar-refractivity contribution in [2.45, 2.75) is 26.8 Å². The zero-order valence-electron chi connectivity index (χ0n) is 19.2. The van der Waals surface area contributed by atoms with Gasteiger partial charge in [-0.05, 0) is 49.9 Å². The number of fused-ring (bicyclic) bond motifs is 1. The Hall–Kier alpha value is -3.56. The quantitative estimate of drug-likeness (QED) is 0.478. The molecule has 4 heterocycles. The van der Waals surface area contributed by atoms with Crippen LogP contribution in [0.25, 0.3) is 6.08 Å². The zero-order chi connectivity index (χ0) is 24.0. The van der Waals surface area contributed by atoms with Gasteiger partial charge in [-0.3, -0.25) is 18.8 Å². The highest BCUT2D eigenvalue weighted by molar-refractivity contribution is 7.10. The minimum Gasteiger partial charge on any atom is -0.322 e. The molecule has 0 unspecified atom stereocenters. The van der Waals surface area contributed by atoms with Crippen molar-refractivity contribution in [2.75, 3.05) is 5.32 Å². The summed E-state index contributed by atoms with van der Waals surface area (Å²) in [5.41, 5.74) is 4.34. The van der Waals surface area contributed by atoms with E-state index in [4.69, 9.17) is 0 Å². The third kappa shape index (κ3) is 3.86. The second-order valence-corrected chi connectivity index (χ2v) is 10.2. The van der Waals surface area contributed by atoms with Crippen molar-refractivity contribution >= 4 is 40.3 Å². The minimum absolute atomic E-state index is 0.168. The fraction of sp³-hybridized carbons (Fsp3) is 0.200. The van der Waals surface area contributed by atoms with E-state index in [-0.39, 0.29) is 11.5 Å². The Labute approximate surface area is 204 Å². The van der Waals surface area contributed by atoms with Crippen molar-refractivity contribution in [2.24, 2.45) is 12.0 Å². The maximum atomic E-state index is 13.6. The average molecular weight is 490 g/mol. The van der Waals surface area contributed by atoms with Crippen molar-refractivity contribution in [3.8, 4) is 0 Å². The number of nitrogens with zero attached hydrogens (tertiary/aromatic N) is 4. The first kappa shape index (κ1) is 22.2. The van der Waals surface area contributed by atoms with Gasteiger partial charge in [0, 0.05) is 29.4 Å². The van der Waals surface area contributed by atoms with Crippen LogP contribution in [0.2, 0.25) is 0 Å². The highest BCUT2D eigenvalue weighted by Crippen LogP contribution is 2.33. The molecular weight excluding hydrogens is 466 g/mol. The van der Waals surface area contributed by atoms with Crippen molar-refractivity contribution < 1.29 is 4.79 Å². The van der Waals surface area contributed by atoms with Gasteiger partial charge in [0.25, 0.3) is 11.5 Å². The van der Waals surface area contributed by atoms with E-state index in [0.717, 1.165) is 27.4 Å². The van der Waals surface area contributed by atoms with Crippen molar-refractivity contribution in [3.05, 3.63) is 101 Å². The fourth-order valence-electron chi connectivity index (χ4n) is 4.13. The third-order valence-electron chi connectivity index (χ3n) is 5.81. The molecule has 0 saturated heterocycles. The van der Waals surface area contributed by atoms with Crippen molar-refractivity contribution in [3.63, 3.8) is 0 Å². The summed E-state index contributed by atoms with van der Waals surface area (Å²) in [5, 5.41) is 9.35. The van der Waals surface area contributed by atoms with Crippen LogP contribution >= 0.6 is 22.7 Å². The van der Waals surface area contributed by atoms with Crippen LogP contribution in [0.5, 0.6) is 0 Å². The van der Waals surface area contributed by atoms with E-state index in [1.165, 1.54) is 22.7 Å². The highest BCUT2D eigenvalue weighted by Gasteiger charge is 2.33. The number of thiophene rings is 1. The monoisotopic (exact) mass is 489 g/mol. The molecule has 4 aromatic rings. The molecule has 172 valence electrons. The van der Waals surface area contributed by atoms with Gasteiger partial charge >= 0.3 is 0 Å². The van der Waals surface area contributed by atoms with Crippen LogP contribution in [0.4, 0.5) is 5.69 Å². The fourth-order valence-corrected chi connectivity index (χ4v) is 5.99. The molecule has 5 rings (SSSR count). The predicted octanol–water partition coefficient (Wildman–Crippen LogP) is 3.29. The summed E-state index contributed by atoms with van der Waals surface area (Å²) in [6.07, 6.45) is 3.74. The number of benzene rings is 1. The Kier molecular flexibility index (Phi) is 5.66. The zero-order valence-corrected chi connectivity index (χ0v) is 20.8. The van der Waals surface area contributed by atoms with Crippen LogP contribution in [0.15, 0.2) is 69.0 Å². The van der Waals surface area contributed by atoms with Gasteiger partial charge in [0.05, 0.1) is 21.5 Å². The molecule has 1 aliphatic rings. The predicted molar refractivity (Wildman–Crippen MR) is 136 cm³/mol. The van der Waals surface area contributed by atoms with Crippen LogP contribution in [-0.2, 0) is 11.8 Å². The first-order chi connectivity index (χ1) is 16.3. The van der Waals surface area contributed by atoms with Gasteiger partial charge < -0.3 is 5.32 Å². The Morgan fingerprint density at radius 1 is 1.15 bits per heavy atom. The summed E-state index contributed by atoms with van der Waals surface area (Å²) >= 11 is 2.85. The molecule has 0 bridgehead atoms. The minimum atomic E-state index is -0.544. The van der Waals surface area contributed by atoms with Gasteiger partial charge in [0.15, 0.2) is 4.80 Å². The van der Waals surface area contributed by atoms with E-state index in [9.17, 15) is 9.59 Å². The molecule has 7 nitrogen and oxygen atoms in total. The van der Waals surface area contributed by atoms with E-state index in [2.05, 4.69) is 15.4 Å². The second kappa shape index (κ2) is 8.66. The molecule has 1 aliphatic heterocycles. The molecule has 1 atom stereocenters. The molecule has 0 aliphatic carbocycles. The number of rotatable bonds is 4. The molecule has 3 aromatic heterocycles. The highest BCUT2D eigenvalue weighted by atomic mass is 32.1. The molecule has 1 amide bonds. The van der Waals surface area contributed by atoms with Crippen LogP contribution in [0, 0.1) is 13.8 Å². The molecule has 0 spiro atoms. The number of hydrogen-bond donors (Lipinski definition) is 1. The van der Waals surface area contributed by atoms with E-state index < -0.39 is 6.04 Å². The molecule has 1 aromatic carbocycles. The summed E-state index contributed by atoms with van der Waals surface area (Å²) in [6, 6.07) is 11.0. The number of aromatic nitrogens is 3. The van der Waals surface area contributed by atoms with Gasteiger partial charge in [0.2, 0.25) is 0 Å². The molecule has 34 heavy (non-hydrogen) atoms. The maximum absolute atomic E-state index is 13.6. The number of para-hydroxylation sites is 1. The molecule has 0 fully saturated rings. The first-order valence-electron chi connectivity index (χ1n) is 10.8. The van der Waals surface area contributed by atoms with Crippen LogP contribution in [0.3, 0.4) is 0 Å². The maximum Gasteiger partial charge on any atom is 0.271 e. The second-order valence-electron chi connectivity index (χ2n) is 8.21. The number of nitrogens with one attached hydrogen (secondary N) is 1. The Bertz CT molecular complexity index is 1620. The van der Waals surface area contributed by atoms with E-state index in [1.54, 1.807) is 9.25 Å². The lowest BCUT2D eigenvalue weighted by atomic mass is 10.0. The van der Waals surface area contributed by atoms with E-state index in [0.29, 0.717) is 20.6 Å². The molecule has 0 radical (unpaired) electrons. The normalized spacial score (nSPS) is 15.9. The standard InChI is InChI=1S/C25H23N5O2S2/c1-14-8-5-6-9-18(14)27-23(31)21-16(3)26-25-30(22(21)19-10-7-11-33-19)24(32)20(34-25)12-17-13-29(4)28-15(17)2/h5-13,22H,1-4H3,(H,27,31)/b20-12+/t22-/m1/s1. The molecule has 0 saturated carbocycles. The van der Waals surface area contributed by atoms with Crippen LogP contribution in [0.1, 0.15) is 34.7 Å². The van der Waals surface area contributed by atoms with Gasteiger partial charge in [-0.25, -0.2) is 4.99 Å². The number of anilines is 1. The third-order valence-corrected chi connectivity index (χ3v) is 7.72. The Balaban J connectivity index is 1.66. The summed E-state index contributed by atoms with van der Waals surface area (Å²) in [7, 11) is 1.85. The summed E-state index contributed by atoms with van der Waals surface area (Å²) in [6.45, 7) is 5.69. The van der Waals surface area contributed by atoms with Gasteiger partial charge in [-0.15, -0.1) is 11.3 Å². The van der Waals surface area contributed by atoms with E-state index >= 15 is 0 Å². The number of amides is 1. The van der Waals surface area contributed by atoms with Crippen LogP contribution < -0.4 is 20.2 Å². The van der Waals surface area contributed by atoms with Crippen molar-refractivity contribution in [1.82, 2.24) is 14.3 Å². The van der Waals surface area contributed by atoms with Gasteiger partial charge in [-0.2, -0.15) is 5.10 Å². The molecular formula is C25H23N5O2S2. The Morgan fingerprint density at radius 3 is 2.62 bits per heavy atom. The first-order valence-corrected chi connectivity index (χ1v) is 12.5. The number of aryl methyl sites for hydroxylation is 3. The number of allylic oxidation sites excluding steroid dienone is 1. The lowest BCUT2D eigenvalue weighted by Crippen LogP contribution is -2.40. The molecule has 1 N–H and O–H groups in total. The molecule has 9 heteroatoms.